The van der Waals surface area contributed by atoms with Gasteiger partial charge < -0.3 is 4.79 Å². The Labute approximate surface area is 67.0 Å². The highest BCUT2D eigenvalue weighted by atomic mass is 19.4. The molecule has 0 saturated carbocycles. The summed E-state index contributed by atoms with van der Waals surface area (Å²) in [5.41, 5.74) is -0.713. The van der Waals surface area contributed by atoms with E-state index in [0.29, 0.717) is 0 Å². The Balaban J connectivity index is 0.000000561. The monoisotopic (exact) mass is 177 g/mol. The van der Waals surface area contributed by atoms with Gasteiger partial charge in [0.15, 0.2) is 0 Å². The van der Waals surface area contributed by atoms with Crippen molar-refractivity contribution in [3.63, 3.8) is 0 Å². The SMILES string of the molecule is C=O.FC(F)(F)c1cccnc1. The topological polar surface area (TPSA) is 30.0 Å². The number of hydrogen-bond acceptors (Lipinski definition) is 2. The normalized spacial score (nSPS) is 9.92. The average Bonchev–Trinajstić information content (AvgIpc) is 2.08. The number of carbonyl (C=O) groups excluding carboxylic acids is 1. The van der Waals surface area contributed by atoms with Crippen molar-refractivity contribution in [3.05, 3.63) is 30.1 Å². The fraction of sp³-hybridized carbons (Fsp3) is 0.143. The maximum atomic E-state index is 11.7. The number of nitrogens with zero attached hydrogens (tertiary/aromatic N) is 1. The average molecular weight is 177 g/mol. The second kappa shape index (κ2) is 4.48. The zero-order chi connectivity index (χ0) is 9.61. The highest BCUT2D eigenvalue weighted by molar-refractivity contribution is 5.11. The third-order valence-electron chi connectivity index (χ3n) is 0.989. The first kappa shape index (κ1) is 10.6. The summed E-state index contributed by atoms with van der Waals surface area (Å²) in [6.07, 6.45) is -2.18. The Kier molecular flexibility index (Phi) is 3.96. The lowest BCUT2D eigenvalue weighted by Gasteiger charge is -2.03. The van der Waals surface area contributed by atoms with E-state index in [2.05, 4.69) is 4.98 Å². The molecular formula is C7H6F3NO. The Morgan fingerprint density at radius 1 is 1.33 bits per heavy atom. The van der Waals surface area contributed by atoms with Gasteiger partial charge in [-0.05, 0) is 12.1 Å². The molecule has 0 radical (unpaired) electrons. The molecule has 0 N–H and O–H groups in total. The molecule has 0 fully saturated rings. The molecule has 1 heterocycles. The van der Waals surface area contributed by atoms with Gasteiger partial charge in [0.05, 0.1) is 5.56 Å². The first-order chi connectivity index (χ1) is 5.61. The lowest BCUT2D eigenvalue weighted by molar-refractivity contribution is -0.137. The fourth-order valence-corrected chi connectivity index (χ4v) is 0.530. The van der Waals surface area contributed by atoms with Crippen LogP contribution in [0.4, 0.5) is 13.2 Å². The van der Waals surface area contributed by atoms with Crippen molar-refractivity contribution in [2.24, 2.45) is 0 Å². The van der Waals surface area contributed by atoms with Crippen LogP contribution < -0.4 is 0 Å². The molecule has 0 atom stereocenters. The summed E-state index contributed by atoms with van der Waals surface area (Å²) in [6, 6.07) is 2.23. The van der Waals surface area contributed by atoms with Crippen LogP contribution in [-0.2, 0) is 11.0 Å². The molecule has 0 aliphatic rings. The molecule has 0 aliphatic heterocycles. The van der Waals surface area contributed by atoms with Gasteiger partial charge >= 0.3 is 6.18 Å². The molecule has 0 aliphatic carbocycles. The van der Waals surface area contributed by atoms with Crippen LogP contribution in [-0.4, -0.2) is 11.8 Å². The van der Waals surface area contributed by atoms with Crippen LogP contribution in [0.25, 0.3) is 0 Å². The minimum Gasteiger partial charge on any atom is -0.307 e. The van der Waals surface area contributed by atoms with E-state index in [1.807, 2.05) is 6.79 Å². The van der Waals surface area contributed by atoms with Gasteiger partial charge in [-0.15, -0.1) is 0 Å². The largest absolute Gasteiger partial charge is 0.417 e. The molecule has 1 aromatic heterocycles. The van der Waals surface area contributed by atoms with Crippen molar-refractivity contribution in [2.75, 3.05) is 0 Å². The van der Waals surface area contributed by atoms with E-state index >= 15 is 0 Å². The second-order valence-electron chi connectivity index (χ2n) is 1.74. The van der Waals surface area contributed by atoms with Crippen LogP contribution in [0.3, 0.4) is 0 Å². The number of pyridine rings is 1. The third kappa shape index (κ3) is 3.14. The van der Waals surface area contributed by atoms with Crippen LogP contribution in [0.5, 0.6) is 0 Å². The van der Waals surface area contributed by atoms with E-state index in [1.165, 1.54) is 12.3 Å². The Bertz CT molecular complexity index is 222. The van der Waals surface area contributed by atoms with Crippen LogP contribution in [0.1, 0.15) is 5.56 Å². The fourth-order valence-electron chi connectivity index (χ4n) is 0.530. The number of carbonyl (C=O) groups is 1. The molecule has 12 heavy (non-hydrogen) atoms. The Hall–Kier alpha value is -1.39. The zero-order valence-corrected chi connectivity index (χ0v) is 6.01. The predicted molar refractivity (Wildman–Crippen MR) is 36.4 cm³/mol. The Morgan fingerprint density at radius 3 is 2.17 bits per heavy atom. The van der Waals surface area contributed by atoms with Gasteiger partial charge in [-0.25, -0.2) is 0 Å². The van der Waals surface area contributed by atoms with Gasteiger partial charge in [-0.3, -0.25) is 4.98 Å². The quantitative estimate of drug-likeness (QED) is 0.605. The van der Waals surface area contributed by atoms with Gasteiger partial charge in [-0.2, -0.15) is 13.2 Å². The first-order valence-corrected chi connectivity index (χ1v) is 2.87. The van der Waals surface area contributed by atoms with Crippen LogP contribution in [0.2, 0.25) is 0 Å². The molecule has 1 aromatic rings. The molecule has 1 rings (SSSR count). The number of aromatic nitrogens is 1. The summed E-state index contributed by atoms with van der Waals surface area (Å²) >= 11 is 0. The summed E-state index contributed by atoms with van der Waals surface area (Å²) in [5.74, 6) is 0. The van der Waals surface area contributed by atoms with Gasteiger partial charge in [0.2, 0.25) is 0 Å². The number of halogens is 3. The second-order valence-corrected chi connectivity index (χ2v) is 1.74. The molecule has 0 unspecified atom stereocenters. The molecule has 0 aromatic carbocycles. The Morgan fingerprint density at radius 2 is 1.92 bits per heavy atom. The first-order valence-electron chi connectivity index (χ1n) is 2.87. The molecule has 0 saturated heterocycles. The molecular weight excluding hydrogens is 171 g/mol. The van der Waals surface area contributed by atoms with Crippen molar-refractivity contribution in [3.8, 4) is 0 Å². The van der Waals surface area contributed by atoms with Crippen molar-refractivity contribution >= 4 is 6.79 Å². The van der Waals surface area contributed by atoms with Gasteiger partial charge in [0.25, 0.3) is 0 Å². The highest BCUT2D eigenvalue weighted by Gasteiger charge is 2.30. The van der Waals surface area contributed by atoms with Crippen molar-refractivity contribution in [1.29, 1.82) is 0 Å². The molecule has 66 valence electrons. The van der Waals surface area contributed by atoms with Gasteiger partial charge in [0.1, 0.15) is 6.79 Å². The van der Waals surface area contributed by atoms with Crippen LogP contribution >= 0.6 is 0 Å². The smallest absolute Gasteiger partial charge is 0.307 e. The van der Waals surface area contributed by atoms with Crippen molar-refractivity contribution < 1.29 is 18.0 Å². The molecule has 5 heteroatoms. The number of hydrogen-bond donors (Lipinski definition) is 0. The van der Waals surface area contributed by atoms with Crippen molar-refractivity contribution in [1.82, 2.24) is 4.98 Å². The minimum absolute atomic E-state index is 0.713. The number of rotatable bonds is 0. The van der Waals surface area contributed by atoms with Gasteiger partial charge in [-0.1, -0.05) is 0 Å². The maximum Gasteiger partial charge on any atom is 0.417 e. The summed E-state index contributed by atoms with van der Waals surface area (Å²) in [5, 5.41) is 0. The maximum absolute atomic E-state index is 11.7. The molecule has 0 spiro atoms. The van der Waals surface area contributed by atoms with E-state index in [0.717, 1.165) is 12.3 Å². The van der Waals surface area contributed by atoms with Crippen LogP contribution in [0, 0.1) is 0 Å². The zero-order valence-electron chi connectivity index (χ0n) is 6.01. The minimum atomic E-state index is -4.27. The van der Waals surface area contributed by atoms with E-state index in [4.69, 9.17) is 4.79 Å². The van der Waals surface area contributed by atoms with E-state index in [9.17, 15) is 13.2 Å². The van der Waals surface area contributed by atoms with E-state index < -0.39 is 11.7 Å². The van der Waals surface area contributed by atoms with E-state index in [-0.39, 0.29) is 0 Å². The summed E-state index contributed by atoms with van der Waals surface area (Å²) in [6.45, 7) is 2.00. The highest BCUT2D eigenvalue weighted by Crippen LogP contribution is 2.27. The lowest BCUT2D eigenvalue weighted by Crippen LogP contribution is -2.04. The van der Waals surface area contributed by atoms with Gasteiger partial charge in [0, 0.05) is 12.4 Å². The predicted octanol–water partition coefficient (Wildman–Crippen LogP) is 1.92. The summed E-state index contributed by atoms with van der Waals surface area (Å²) < 4.78 is 35.2. The molecule has 2 nitrogen and oxygen atoms in total. The van der Waals surface area contributed by atoms with E-state index in [1.54, 1.807) is 0 Å². The molecule has 0 bridgehead atoms. The molecule has 0 amide bonds. The summed E-state index contributed by atoms with van der Waals surface area (Å²) in [4.78, 5) is 11.3. The van der Waals surface area contributed by atoms with Crippen LogP contribution in [0.15, 0.2) is 24.5 Å². The lowest BCUT2D eigenvalue weighted by atomic mass is 10.3. The number of alkyl halides is 3. The summed E-state index contributed by atoms with van der Waals surface area (Å²) in [7, 11) is 0. The third-order valence-corrected chi connectivity index (χ3v) is 0.989. The standard InChI is InChI=1S/C6H4F3N.CH2O/c7-6(8,9)5-2-1-3-10-4-5;1-2/h1-4H;1H2. The van der Waals surface area contributed by atoms with Crippen molar-refractivity contribution in [2.45, 2.75) is 6.18 Å².